The number of aryl methyl sites for hydroxylation is 1. The highest BCUT2D eigenvalue weighted by Crippen LogP contribution is 2.12. The van der Waals surface area contributed by atoms with Crippen LogP contribution in [0.25, 0.3) is 0 Å². The first kappa shape index (κ1) is 8.68. The number of pyridine rings is 1. The molecule has 0 spiro atoms. The van der Waals surface area contributed by atoms with Crippen molar-refractivity contribution in [2.24, 2.45) is 0 Å². The second-order valence-corrected chi connectivity index (χ2v) is 3.08. The molecule has 1 N–H and O–H groups in total. The maximum atomic E-state index is 9.34. The van der Waals surface area contributed by atoms with Gasteiger partial charge in [-0.1, -0.05) is 15.9 Å². The van der Waals surface area contributed by atoms with E-state index in [9.17, 15) is 5.11 Å². The van der Waals surface area contributed by atoms with Crippen LogP contribution < -0.4 is 0 Å². The van der Waals surface area contributed by atoms with Crippen molar-refractivity contribution in [3.63, 3.8) is 0 Å². The number of nitrogens with zero attached hydrogens (tertiary/aromatic N) is 1. The van der Waals surface area contributed by atoms with Gasteiger partial charge in [0.1, 0.15) is 6.10 Å². The topological polar surface area (TPSA) is 33.1 Å². The van der Waals surface area contributed by atoms with Crippen LogP contribution in [0.2, 0.25) is 0 Å². The highest BCUT2D eigenvalue weighted by molar-refractivity contribution is 9.09. The van der Waals surface area contributed by atoms with E-state index in [4.69, 9.17) is 0 Å². The number of alkyl halides is 1. The Hall–Kier alpha value is -0.410. The summed E-state index contributed by atoms with van der Waals surface area (Å²) in [6.07, 6.45) is 1.21. The standard InChI is InChI=1S/C8H10BrNO/c1-6-2-3-10-7(4-6)8(11)5-9/h2-4,8,11H,5H2,1H3. The highest BCUT2D eigenvalue weighted by Gasteiger charge is 2.05. The number of halogens is 1. The van der Waals surface area contributed by atoms with E-state index < -0.39 is 6.10 Å². The third-order valence-electron chi connectivity index (χ3n) is 1.42. The minimum absolute atomic E-state index is 0.491. The number of aliphatic hydroxyl groups is 1. The van der Waals surface area contributed by atoms with E-state index >= 15 is 0 Å². The molecule has 0 fully saturated rings. The van der Waals surface area contributed by atoms with Gasteiger partial charge in [-0.2, -0.15) is 0 Å². The lowest BCUT2D eigenvalue weighted by Crippen LogP contribution is -2.00. The predicted octanol–water partition coefficient (Wildman–Crippen LogP) is 1.82. The lowest BCUT2D eigenvalue weighted by atomic mass is 10.2. The van der Waals surface area contributed by atoms with Gasteiger partial charge in [0.2, 0.25) is 0 Å². The fraction of sp³-hybridized carbons (Fsp3) is 0.375. The third-order valence-corrected chi connectivity index (χ3v) is 2.04. The van der Waals surface area contributed by atoms with Crippen LogP contribution in [0.15, 0.2) is 18.3 Å². The van der Waals surface area contributed by atoms with Crippen LogP contribution in [0.3, 0.4) is 0 Å². The molecule has 0 aliphatic carbocycles. The minimum atomic E-state index is -0.491. The normalized spacial score (nSPS) is 13.0. The van der Waals surface area contributed by atoms with Crippen molar-refractivity contribution in [1.82, 2.24) is 4.98 Å². The Bertz CT molecular complexity index is 239. The molecule has 1 aromatic rings. The van der Waals surface area contributed by atoms with Gasteiger partial charge in [0.15, 0.2) is 0 Å². The van der Waals surface area contributed by atoms with Crippen LogP contribution in [0, 0.1) is 6.92 Å². The summed E-state index contributed by atoms with van der Waals surface area (Å²) in [5.74, 6) is 0. The van der Waals surface area contributed by atoms with Gasteiger partial charge >= 0.3 is 0 Å². The van der Waals surface area contributed by atoms with E-state index in [0.717, 1.165) is 11.3 Å². The molecule has 2 nitrogen and oxygen atoms in total. The van der Waals surface area contributed by atoms with E-state index in [-0.39, 0.29) is 0 Å². The second kappa shape index (κ2) is 3.83. The van der Waals surface area contributed by atoms with Gasteiger partial charge in [0.25, 0.3) is 0 Å². The first-order valence-corrected chi connectivity index (χ1v) is 4.53. The van der Waals surface area contributed by atoms with Crippen molar-refractivity contribution in [2.45, 2.75) is 13.0 Å². The van der Waals surface area contributed by atoms with Gasteiger partial charge in [-0.25, -0.2) is 0 Å². The van der Waals surface area contributed by atoms with Gasteiger partial charge in [-0.3, -0.25) is 4.98 Å². The summed E-state index contributed by atoms with van der Waals surface area (Å²) in [6, 6.07) is 3.79. The molecule has 1 aromatic heterocycles. The number of aliphatic hydroxyl groups excluding tert-OH is 1. The van der Waals surface area contributed by atoms with Crippen LogP contribution in [-0.2, 0) is 0 Å². The lowest BCUT2D eigenvalue weighted by molar-refractivity contribution is 0.200. The fourth-order valence-corrected chi connectivity index (χ4v) is 1.15. The van der Waals surface area contributed by atoms with Gasteiger partial charge < -0.3 is 5.11 Å². The quantitative estimate of drug-likeness (QED) is 0.765. The summed E-state index contributed by atoms with van der Waals surface area (Å²) in [5, 5.41) is 9.88. The number of hydrogen-bond acceptors (Lipinski definition) is 2. The summed E-state index contributed by atoms with van der Waals surface area (Å²) in [4.78, 5) is 4.03. The van der Waals surface area contributed by atoms with E-state index in [1.54, 1.807) is 6.20 Å². The average Bonchev–Trinajstić information content (AvgIpc) is 2.03. The molecule has 0 bridgehead atoms. The van der Waals surface area contributed by atoms with E-state index in [2.05, 4.69) is 20.9 Å². The monoisotopic (exact) mass is 215 g/mol. The highest BCUT2D eigenvalue weighted by atomic mass is 79.9. The minimum Gasteiger partial charge on any atom is -0.386 e. The molecule has 0 saturated heterocycles. The summed E-state index contributed by atoms with van der Waals surface area (Å²) in [5.41, 5.74) is 1.84. The Kier molecular flexibility index (Phi) is 3.02. The average molecular weight is 216 g/mol. The summed E-state index contributed by atoms with van der Waals surface area (Å²) in [7, 11) is 0. The summed E-state index contributed by atoms with van der Waals surface area (Å²) < 4.78 is 0. The number of rotatable bonds is 2. The van der Waals surface area contributed by atoms with Gasteiger partial charge in [-0.05, 0) is 24.6 Å². The molecule has 1 atom stereocenters. The predicted molar refractivity (Wildman–Crippen MR) is 47.7 cm³/mol. The first-order chi connectivity index (χ1) is 5.24. The molecule has 0 aliphatic heterocycles. The molecule has 3 heteroatoms. The van der Waals surface area contributed by atoms with E-state index in [0.29, 0.717) is 5.33 Å². The van der Waals surface area contributed by atoms with Gasteiger partial charge in [0, 0.05) is 11.5 Å². The van der Waals surface area contributed by atoms with Crippen LogP contribution in [-0.4, -0.2) is 15.4 Å². The summed E-state index contributed by atoms with van der Waals surface area (Å²) >= 11 is 3.19. The zero-order valence-corrected chi connectivity index (χ0v) is 7.87. The SMILES string of the molecule is Cc1ccnc(C(O)CBr)c1. The number of hydrogen-bond donors (Lipinski definition) is 1. The Morgan fingerprint density at radius 2 is 2.45 bits per heavy atom. The maximum Gasteiger partial charge on any atom is 0.106 e. The first-order valence-electron chi connectivity index (χ1n) is 3.40. The summed E-state index contributed by atoms with van der Waals surface area (Å²) in [6.45, 7) is 1.98. The Balaban J connectivity index is 2.86. The van der Waals surface area contributed by atoms with Gasteiger partial charge in [-0.15, -0.1) is 0 Å². The van der Waals surface area contributed by atoms with Crippen molar-refractivity contribution in [1.29, 1.82) is 0 Å². The molecule has 11 heavy (non-hydrogen) atoms. The molecule has 0 aromatic carbocycles. The molecule has 1 rings (SSSR count). The molecule has 1 unspecified atom stereocenters. The van der Waals surface area contributed by atoms with Crippen molar-refractivity contribution in [3.05, 3.63) is 29.6 Å². The maximum absolute atomic E-state index is 9.34. The molecule has 0 radical (unpaired) electrons. The number of aromatic nitrogens is 1. The van der Waals surface area contributed by atoms with Crippen LogP contribution >= 0.6 is 15.9 Å². The van der Waals surface area contributed by atoms with Crippen LogP contribution in [0.5, 0.6) is 0 Å². The zero-order chi connectivity index (χ0) is 8.27. The van der Waals surface area contributed by atoms with Crippen molar-refractivity contribution < 1.29 is 5.11 Å². The van der Waals surface area contributed by atoms with E-state index in [1.807, 2.05) is 19.1 Å². The van der Waals surface area contributed by atoms with Crippen molar-refractivity contribution in [2.75, 3.05) is 5.33 Å². The van der Waals surface area contributed by atoms with Crippen LogP contribution in [0.4, 0.5) is 0 Å². The molecule has 0 aliphatic rings. The smallest absolute Gasteiger partial charge is 0.106 e. The molecule has 60 valence electrons. The lowest BCUT2D eigenvalue weighted by Gasteiger charge is -2.05. The Labute approximate surface area is 74.4 Å². The van der Waals surface area contributed by atoms with Crippen molar-refractivity contribution in [3.8, 4) is 0 Å². The largest absolute Gasteiger partial charge is 0.386 e. The molecule has 1 heterocycles. The molecular formula is C8H10BrNO. The van der Waals surface area contributed by atoms with Crippen molar-refractivity contribution >= 4 is 15.9 Å². The van der Waals surface area contributed by atoms with E-state index in [1.165, 1.54) is 0 Å². The Morgan fingerprint density at radius 3 is 3.00 bits per heavy atom. The Morgan fingerprint density at radius 1 is 1.73 bits per heavy atom. The van der Waals surface area contributed by atoms with Crippen LogP contribution in [0.1, 0.15) is 17.4 Å². The second-order valence-electron chi connectivity index (χ2n) is 2.43. The molecular weight excluding hydrogens is 206 g/mol. The zero-order valence-electron chi connectivity index (χ0n) is 6.29. The third kappa shape index (κ3) is 2.27. The fourth-order valence-electron chi connectivity index (χ4n) is 0.821. The van der Waals surface area contributed by atoms with Gasteiger partial charge in [0.05, 0.1) is 5.69 Å². The molecule has 0 saturated carbocycles. The molecule has 0 amide bonds.